The normalized spacial score (nSPS) is 22.9. The van der Waals surface area contributed by atoms with Gasteiger partial charge in [0.2, 0.25) is 5.60 Å². The Balaban J connectivity index is 1.65. The van der Waals surface area contributed by atoms with E-state index in [9.17, 15) is 0 Å². The quantitative estimate of drug-likeness (QED) is 0.253. The smallest absolute Gasteiger partial charge is 0.202 e. The van der Waals surface area contributed by atoms with Crippen molar-refractivity contribution >= 4 is 42.5 Å². The van der Waals surface area contributed by atoms with Crippen molar-refractivity contribution < 1.29 is 9.47 Å². The van der Waals surface area contributed by atoms with E-state index in [0.717, 1.165) is 22.6 Å². The van der Waals surface area contributed by atoms with Crippen LogP contribution in [0.25, 0.3) is 19.9 Å². The molecule has 0 aromatic heterocycles. The number of ether oxygens (including phenoxy) is 2. The second-order valence-corrected chi connectivity index (χ2v) is 8.85. The first-order valence-electron chi connectivity index (χ1n) is 9.76. The van der Waals surface area contributed by atoms with Crippen LogP contribution in [-0.2, 0) is 5.60 Å². The lowest BCUT2D eigenvalue weighted by atomic mass is 9.77. The van der Waals surface area contributed by atoms with E-state index in [1.807, 2.05) is 6.07 Å². The van der Waals surface area contributed by atoms with E-state index in [1.165, 1.54) is 31.1 Å². The molecular weight excluding hydrogens is 471 g/mol. The van der Waals surface area contributed by atoms with Crippen molar-refractivity contribution in [2.45, 2.75) is 11.7 Å². The Bertz CT molecular complexity index is 1390. The maximum Gasteiger partial charge on any atom is 0.202 e. The van der Waals surface area contributed by atoms with Gasteiger partial charge in [0.05, 0.1) is 0 Å². The largest absolute Gasteiger partial charge is 0.480 e. The topological polar surface area (TPSA) is 18.5 Å². The van der Waals surface area contributed by atoms with Crippen LogP contribution >= 0.6 is 22.6 Å². The Morgan fingerprint density at radius 1 is 0.759 bits per heavy atom. The van der Waals surface area contributed by atoms with Crippen molar-refractivity contribution in [1.29, 1.82) is 0 Å². The van der Waals surface area contributed by atoms with Gasteiger partial charge in [0.1, 0.15) is 11.5 Å². The molecule has 7 rings (SSSR count). The summed E-state index contributed by atoms with van der Waals surface area (Å²) in [4.78, 5) is 0. The third kappa shape index (κ3) is 1.83. The van der Waals surface area contributed by atoms with E-state index >= 15 is 0 Å². The van der Waals surface area contributed by atoms with Crippen LogP contribution in [0.2, 0.25) is 0 Å². The molecule has 0 fully saturated rings. The summed E-state index contributed by atoms with van der Waals surface area (Å²) in [5.74, 6) is 1.84. The Kier molecular flexibility index (Phi) is 3.00. The first-order valence-corrected chi connectivity index (χ1v) is 10.8. The molecule has 4 aromatic rings. The third-order valence-corrected chi connectivity index (χ3v) is 7.50. The predicted octanol–water partition coefficient (Wildman–Crippen LogP) is 6.88. The molecular formula is C26H15IO2. The zero-order chi connectivity index (χ0) is 19.2. The van der Waals surface area contributed by atoms with Gasteiger partial charge in [0.25, 0.3) is 0 Å². The Labute approximate surface area is 181 Å². The molecule has 0 radical (unpaired) electrons. The number of benzene rings is 4. The maximum absolute atomic E-state index is 6.84. The van der Waals surface area contributed by atoms with E-state index in [0.29, 0.717) is 0 Å². The van der Waals surface area contributed by atoms with Crippen molar-refractivity contribution in [3.8, 4) is 11.5 Å². The molecule has 3 aliphatic rings. The molecule has 1 aliphatic carbocycles. The number of rotatable bonds is 0. The number of hydrogen-bond donors (Lipinski definition) is 0. The van der Waals surface area contributed by atoms with Crippen LogP contribution in [0.4, 0.5) is 0 Å². The molecule has 0 amide bonds. The minimum absolute atomic E-state index is 0.198. The van der Waals surface area contributed by atoms with E-state index < -0.39 is 5.60 Å². The standard InChI is InChI=1S/C26H15IO2/c27-24-17-9-3-5-11-19(17)26-23(24)22-16-8-2-1-7-15(16)13-14-21(22)28-25(26)18-10-4-6-12-20(18)29-26/h1-14,25H/t25-,26-/m1/s1. The minimum Gasteiger partial charge on any atom is -0.480 e. The summed E-state index contributed by atoms with van der Waals surface area (Å²) < 4.78 is 14.8. The Hall–Kier alpha value is -2.79. The first-order chi connectivity index (χ1) is 14.3. The Morgan fingerprint density at radius 2 is 1.55 bits per heavy atom. The third-order valence-electron chi connectivity index (χ3n) is 6.38. The summed E-state index contributed by atoms with van der Waals surface area (Å²) in [6.07, 6.45) is -0.198. The van der Waals surface area contributed by atoms with Crippen LogP contribution < -0.4 is 9.47 Å². The van der Waals surface area contributed by atoms with Crippen molar-refractivity contribution in [3.05, 3.63) is 107 Å². The molecule has 0 unspecified atom stereocenters. The molecule has 2 aliphatic heterocycles. The molecule has 0 saturated heterocycles. The van der Waals surface area contributed by atoms with Crippen molar-refractivity contribution in [1.82, 2.24) is 0 Å². The summed E-state index contributed by atoms with van der Waals surface area (Å²) in [5, 5.41) is 2.42. The minimum atomic E-state index is -0.645. The van der Waals surface area contributed by atoms with Crippen LogP contribution in [0.15, 0.2) is 84.9 Å². The number of halogens is 1. The van der Waals surface area contributed by atoms with Crippen molar-refractivity contribution in [2.75, 3.05) is 0 Å². The van der Waals surface area contributed by atoms with Crippen LogP contribution in [0.3, 0.4) is 0 Å². The fourth-order valence-corrected chi connectivity index (χ4v) is 6.36. The van der Waals surface area contributed by atoms with Crippen LogP contribution in [0, 0.1) is 0 Å². The van der Waals surface area contributed by atoms with Gasteiger partial charge in [-0.15, -0.1) is 0 Å². The van der Waals surface area contributed by atoms with Gasteiger partial charge in [-0.3, -0.25) is 0 Å². The van der Waals surface area contributed by atoms with Gasteiger partial charge in [-0.1, -0.05) is 72.8 Å². The molecule has 2 heterocycles. The second kappa shape index (κ2) is 5.42. The maximum atomic E-state index is 6.84. The van der Waals surface area contributed by atoms with Crippen molar-refractivity contribution in [3.63, 3.8) is 0 Å². The second-order valence-electron chi connectivity index (χ2n) is 7.77. The lowest BCUT2D eigenvalue weighted by molar-refractivity contribution is 0.0236. The molecule has 29 heavy (non-hydrogen) atoms. The van der Waals surface area contributed by atoms with Crippen molar-refractivity contribution in [2.24, 2.45) is 0 Å². The summed E-state index contributed by atoms with van der Waals surface area (Å²) >= 11 is 2.50. The molecule has 2 nitrogen and oxygen atoms in total. The molecule has 138 valence electrons. The highest BCUT2D eigenvalue weighted by Crippen LogP contribution is 2.67. The van der Waals surface area contributed by atoms with E-state index in [1.54, 1.807) is 0 Å². The first kappa shape index (κ1) is 16.1. The van der Waals surface area contributed by atoms with E-state index in [4.69, 9.17) is 9.47 Å². The van der Waals surface area contributed by atoms with Gasteiger partial charge in [-0.25, -0.2) is 0 Å². The molecule has 1 spiro atoms. The molecule has 4 aromatic carbocycles. The number of fused-ring (bicyclic) bond motifs is 7. The Morgan fingerprint density at radius 3 is 2.52 bits per heavy atom. The summed E-state index contributed by atoms with van der Waals surface area (Å²) in [6.45, 7) is 0. The fourth-order valence-electron chi connectivity index (χ4n) is 5.22. The van der Waals surface area contributed by atoms with Gasteiger partial charge in [-0.2, -0.15) is 0 Å². The van der Waals surface area contributed by atoms with Crippen LogP contribution in [-0.4, -0.2) is 0 Å². The van der Waals surface area contributed by atoms with Gasteiger partial charge in [0.15, 0.2) is 6.10 Å². The van der Waals surface area contributed by atoms with Gasteiger partial charge in [-0.05, 0) is 51.1 Å². The number of hydrogen-bond acceptors (Lipinski definition) is 2. The zero-order valence-corrected chi connectivity index (χ0v) is 17.5. The van der Waals surface area contributed by atoms with Crippen LogP contribution in [0.5, 0.6) is 11.5 Å². The predicted molar refractivity (Wildman–Crippen MR) is 123 cm³/mol. The molecule has 0 saturated carbocycles. The average Bonchev–Trinajstić information content (AvgIpc) is 3.24. The summed E-state index contributed by atoms with van der Waals surface area (Å²) in [6, 6.07) is 29.7. The highest BCUT2D eigenvalue weighted by Gasteiger charge is 2.62. The molecule has 0 N–H and O–H groups in total. The summed E-state index contributed by atoms with van der Waals surface area (Å²) in [5.41, 5.74) is 5.30. The van der Waals surface area contributed by atoms with Crippen LogP contribution in [0.1, 0.15) is 28.4 Å². The lowest BCUT2D eigenvalue weighted by Gasteiger charge is -2.39. The van der Waals surface area contributed by atoms with Gasteiger partial charge >= 0.3 is 0 Å². The summed E-state index contributed by atoms with van der Waals surface area (Å²) in [7, 11) is 0. The highest BCUT2D eigenvalue weighted by molar-refractivity contribution is 14.1. The van der Waals surface area contributed by atoms with Gasteiger partial charge < -0.3 is 9.47 Å². The molecule has 3 heteroatoms. The van der Waals surface area contributed by atoms with E-state index in [-0.39, 0.29) is 6.10 Å². The fraction of sp³-hybridized carbons (Fsp3) is 0.0769. The molecule has 2 atom stereocenters. The number of para-hydroxylation sites is 1. The molecule has 0 bridgehead atoms. The highest BCUT2D eigenvalue weighted by atomic mass is 127. The lowest BCUT2D eigenvalue weighted by Crippen LogP contribution is -2.40. The SMILES string of the molecule is IC1=C2c3c(ccc4ccccc34)O[C@@H]3c4ccccc4O[C@]23c2ccccc21. The van der Waals surface area contributed by atoms with E-state index in [2.05, 4.69) is 101 Å². The van der Waals surface area contributed by atoms with Gasteiger partial charge in [0, 0.05) is 25.8 Å². The zero-order valence-electron chi connectivity index (χ0n) is 15.4. The average molecular weight is 486 g/mol. The monoisotopic (exact) mass is 486 g/mol.